The Morgan fingerprint density at radius 2 is 1.05 bits per heavy atom. The number of hydrogen-bond acceptors (Lipinski definition) is 12. The van der Waals surface area contributed by atoms with E-state index >= 15 is 0 Å². The van der Waals surface area contributed by atoms with Crippen LogP contribution in [0.5, 0.6) is 11.5 Å². The summed E-state index contributed by atoms with van der Waals surface area (Å²) in [4.78, 5) is 0. The molecule has 0 bridgehead atoms. The van der Waals surface area contributed by atoms with Crippen molar-refractivity contribution in [3.63, 3.8) is 0 Å². The number of benzene rings is 2. The molecule has 2 saturated heterocycles. The van der Waals surface area contributed by atoms with Crippen LogP contribution in [0.3, 0.4) is 0 Å². The lowest BCUT2D eigenvalue weighted by Gasteiger charge is -2.45. The van der Waals surface area contributed by atoms with Crippen LogP contribution in [0, 0.1) is 0 Å². The van der Waals surface area contributed by atoms with Gasteiger partial charge in [-0.3, -0.25) is 0 Å². The van der Waals surface area contributed by atoms with Gasteiger partial charge in [-0.25, -0.2) is 0 Å². The molecule has 0 aromatic heterocycles. The lowest BCUT2D eigenvalue weighted by Crippen LogP contribution is -2.66. The fraction of sp³-hybridized carbons (Fsp3) is 0.538. The van der Waals surface area contributed by atoms with E-state index in [1.54, 1.807) is 24.3 Å². The Morgan fingerprint density at radius 1 is 0.700 bits per heavy atom. The van der Waals surface area contributed by atoms with E-state index in [2.05, 4.69) is 0 Å². The van der Waals surface area contributed by atoms with Gasteiger partial charge < -0.3 is 59.8 Å². The molecule has 0 aliphatic carbocycles. The third kappa shape index (κ3) is 5.77. The van der Waals surface area contributed by atoms with E-state index in [0.717, 1.165) is 0 Å². The van der Waals surface area contributed by atoms with Gasteiger partial charge in [0.15, 0.2) is 11.2 Å². The topological polar surface area (TPSA) is 199 Å². The average molecular weight is 607 g/mol. The first kappa shape index (κ1) is 31.2. The van der Waals surface area contributed by atoms with E-state index in [9.17, 15) is 40.9 Å². The van der Waals surface area contributed by atoms with Crippen molar-refractivity contribution in [2.75, 3.05) is 13.2 Å². The zero-order valence-corrected chi connectivity index (χ0v) is 23.0. The molecule has 40 heavy (non-hydrogen) atoms. The summed E-state index contributed by atoms with van der Waals surface area (Å²) in [6.45, 7) is 1.21. The van der Waals surface area contributed by atoms with E-state index in [4.69, 9.17) is 42.1 Å². The first-order chi connectivity index (χ1) is 18.7. The summed E-state index contributed by atoms with van der Waals surface area (Å²) in [6, 6.07) is 9.37. The maximum absolute atomic E-state index is 10.7. The van der Waals surface area contributed by atoms with Crippen molar-refractivity contribution in [1.82, 2.24) is 0 Å². The van der Waals surface area contributed by atoms with Crippen LogP contribution in [0.15, 0.2) is 36.4 Å². The van der Waals surface area contributed by atoms with Crippen molar-refractivity contribution in [3.05, 3.63) is 46.4 Å². The smallest absolute Gasteiger partial charge is 0.231 e. The monoisotopic (exact) mass is 606 g/mol. The molecule has 2 heterocycles. The predicted octanol–water partition coefficient (Wildman–Crippen LogP) is -0.202. The molecular weight excluding hydrogens is 575 g/mol. The second kappa shape index (κ2) is 11.8. The van der Waals surface area contributed by atoms with Gasteiger partial charge in [0, 0.05) is 0 Å². The first-order valence-electron chi connectivity index (χ1n) is 12.3. The molecule has 2 aromatic carbocycles. The molecule has 10 atom stereocenters. The van der Waals surface area contributed by atoms with Crippen LogP contribution in [0.2, 0.25) is 10.0 Å². The lowest BCUT2D eigenvalue weighted by atomic mass is 9.88. The van der Waals surface area contributed by atoms with Gasteiger partial charge in [-0.05, 0) is 49.2 Å². The summed E-state index contributed by atoms with van der Waals surface area (Å²) in [5, 5.41) is 81.0. The fourth-order valence-electron chi connectivity index (χ4n) is 4.51. The van der Waals surface area contributed by atoms with E-state index in [-0.39, 0.29) is 21.5 Å². The van der Waals surface area contributed by atoms with Crippen LogP contribution in [0.4, 0.5) is 0 Å². The van der Waals surface area contributed by atoms with Crippen LogP contribution >= 0.6 is 23.2 Å². The van der Waals surface area contributed by atoms with Crippen molar-refractivity contribution in [1.29, 1.82) is 0 Å². The normalized spacial score (nSPS) is 38.2. The Hall–Kier alpha value is -1.78. The maximum atomic E-state index is 10.7. The number of hydrogen-bond donors (Lipinski definition) is 8. The van der Waals surface area contributed by atoms with Crippen molar-refractivity contribution >= 4 is 23.2 Å². The minimum absolute atomic E-state index is 0.0953. The molecule has 0 radical (unpaired) electrons. The highest BCUT2D eigenvalue weighted by atomic mass is 35.5. The number of aliphatic hydroxyl groups excluding tert-OH is 6. The number of halogens is 2. The molecule has 0 unspecified atom stereocenters. The molecular formula is C26H32Cl2O12. The Balaban J connectivity index is 1.51. The van der Waals surface area contributed by atoms with Crippen LogP contribution in [-0.4, -0.2) is 114 Å². The standard InChI is InChI=1S/C26H32Cl2O12/c1-25(35)21(33)19(31)17(9-29)39-23(25)37-15-5-3-11(7-13(15)27)12-4-6-16(14(28)8-12)38-24-26(2,36)22(34)20(32)18(10-30)40-24/h3-8,17-24,29-36H,9-10H2,1-2H3/t17-,18-,19-,20-,21+,22+,23+,24+,25-,26+/m1/s1. The molecule has 2 aliphatic rings. The number of ether oxygens (including phenoxy) is 4. The molecule has 0 spiro atoms. The molecule has 14 heteroatoms. The Kier molecular flexibility index (Phi) is 9.22. The third-order valence-corrected chi connectivity index (χ3v) is 7.77. The summed E-state index contributed by atoms with van der Waals surface area (Å²) in [7, 11) is 0. The molecule has 2 aliphatic heterocycles. The van der Waals surface area contributed by atoms with Crippen LogP contribution in [0.25, 0.3) is 11.1 Å². The van der Waals surface area contributed by atoms with Gasteiger partial charge in [0.2, 0.25) is 12.6 Å². The first-order valence-corrected chi connectivity index (χ1v) is 13.1. The zero-order valence-electron chi connectivity index (χ0n) is 21.5. The molecule has 222 valence electrons. The summed E-state index contributed by atoms with van der Waals surface area (Å²) >= 11 is 12.8. The highest BCUT2D eigenvalue weighted by molar-refractivity contribution is 6.33. The van der Waals surface area contributed by atoms with E-state index in [0.29, 0.717) is 11.1 Å². The highest BCUT2D eigenvalue weighted by Gasteiger charge is 2.54. The Morgan fingerprint density at radius 3 is 1.35 bits per heavy atom. The summed E-state index contributed by atoms with van der Waals surface area (Å²) in [6.07, 6.45) is -11.7. The van der Waals surface area contributed by atoms with Crippen molar-refractivity contribution in [3.8, 4) is 22.6 Å². The van der Waals surface area contributed by atoms with Crippen LogP contribution in [-0.2, 0) is 9.47 Å². The van der Waals surface area contributed by atoms with Gasteiger partial charge in [-0.15, -0.1) is 0 Å². The van der Waals surface area contributed by atoms with E-state index in [1.807, 2.05) is 0 Å². The molecule has 4 rings (SSSR count). The van der Waals surface area contributed by atoms with Gasteiger partial charge in [0.1, 0.15) is 48.1 Å². The minimum Gasteiger partial charge on any atom is -0.460 e. The summed E-state index contributed by atoms with van der Waals surface area (Å²) < 4.78 is 22.3. The number of rotatable bonds is 7. The number of aliphatic hydroxyl groups is 8. The predicted molar refractivity (Wildman–Crippen MR) is 140 cm³/mol. The largest absolute Gasteiger partial charge is 0.460 e. The van der Waals surface area contributed by atoms with Crippen molar-refractivity contribution in [2.24, 2.45) is 0 Å². The second-order valence-corrected chi connectivity index (χ2v) is 11.0. The summed E-state index contributed by atoms with van der Waals surface area (Å²) in [5.74, 6) is 0.191. The molecule has 2 aromatic rings. The van der Waals surface area contributed by atoms with Crippen LogP contribution in [0.1, 0.15) is 13.8 Å². The Labute approximate surface area is 239 Å². The molecule has 0 saturated carbocycles. The van der Waals surface area contributed by atoms with Gasteiger partial charge in [-0.1, -0.05) is 35.3 Å². The van der Waals surface area contributed by atoms with Gasteiger partial charge in [-0.2, -0.15) is 0 Å². The lowest BCUT2D eigenvalue weighted by molar-refractivity contribution is -0.314. The third-order valence-electron chi connectivity index (χ3n) is 7.18. The SMILES string of the molecule is C[C@]1(O)[C@@H](Oc2ccc(-c3ccc(O[C@H]4O[C@H](CO)[C@@H](O)[C@H](O)[C@]4(C)O)c(Cl)c3)cc2Cl)O[C@H](CO)[C@@H](O)[C@@H]1O. The zero-order chi connectivity index (χ0) is 29.6. The maximum Gasteiger partial charge on any atom is 0.231 e. The van der Waals surface area contributed by atoms with E-state index in [1.165, 1.54) is 26.0 Å². The molecule has 8 N–H and O–H groups in total. The minimum atomic E-state index is -2.02. The van der Waals surface area contributed by atoms with E-state index < -0.39 is 73.6 Å². The van der Waals surface area contributed by atoms with Crippen molar-refractivity contribution in [2.45, 2.75) is 74.3 Å². The molecule has 2 fully saturated rings. The molecule has 0 amide bonds. The fourth-order valence-corrected chi connectivity index (χ4v) is 4.96. The van der Waals surface area contributed by atoms with Gasteiger partial charge in [0.25, 0.3) is 0 Å². The van der Waals surface area contributed by atoms with Gasteiger partial charge >= 0.3 is 0 Å². The molecule has 12 nitrogen and oxygen atoms in total. The average Bonchev–Trinajstić information content (AvgIpc) is 2.91. The summed E-state index contributed by atoms with van der Waals surface area (Å²) in [5.41, 5.74) is -2.83. The quantitative estimate of drug-likeness (QED) is 0.207. The van der Waals surface area contributed by atoms with Crippen LogP contribution < -0.4 is 9.47 Å². The van der Waals surface area contributed by atoms with Gasteiger partial charge in [0.05, 0.1) is 23.3 Å². The Bertz CT molecular complexity index is 1100. The van der Waals surface area contributed by atoms with Crippen molar-refractivity contribution < 1.29 is 59.8 Å². The second-order valence-electron chi connectivity index (χ2n) is 10.2. The highest BCUT2D eigenvalue weighted by Crippen LogP contribution is 2.39.